The molecule has 3 aromatic rings. The van der Waals surface area contributed by atoms with Crippen molar-refractivity contribution in [3.05, 3.63) is 84.9 Å². The van der Waals surface area contributed by atoms with E-state index in [0.717, 1.165) is 5.75 Å². The molecular formula is C22H21NO4. The summed E-state index contributed by atoms with van der Waals surface area (Å²) in [5.41, 5.74) is 0.685. The summed E-state index contributed by atoms with van der Waals surface area (Å²) in [6, 6.07) is 26.0. The van der Waals surface area contributed by atoms with Crippen LogP contribution < -0.4 is 19.5 Å². The van der Waals surface area contributed by atoms with E-state index in [2.05, 4.69) is 5.32 Å². The Morgan fingerprint density at radius 2 is 1.11 bits per heavy atom. The van der Waals surface area contributed by atoms with E-state index in [1.807, 2.05) is 48.5 Å². The molecule has 3 rings (SSSR count). The van der Waals surface area contributed by atoms with Gasteiger partial charge in [-0.25, -0.2) is 0 Å². The van der Waals surface area contributed by atoms with Crippen molar-refractivity contribution < 1.29 is 19.0 Å². The summed E-state index contributed by atoms with van der Waals surface area (Å²) >= 11 is 0. The molecule has 1 N–H and O–H groups in total. The number of amides is 1. The highest BCUT2D eigenvalue weighted by atomic mass is 16.5. The Balaban J connectivity index is 1.37. The second kappa shape index (κ2) is 9.87. The first-order chi connectivity index (χ1) is 13.3. The van der Waals surface area contributed by atoms with E-state index in [0.29, 0.717) is 30.4 Å². The molecule has 0 aliphatic carbocycles. The van der Waals surface area contributed by atoms with Gasteiger partial charge in [0.15, 0.2) is 6.61 Å². The summed E-state index contributed by atoms with van der Waals surface area (Å²) in [6.45, 7) is 0.851. The Labute approximate surface area is 158 Å². The van der Waals surface area contributed by atoms with Crippen molar-refractivity contribution in [1.82, 2.24) is 0 Å². The molecule has 5 heteroatoms. The molecule has 0 heterocycles. The van der Waals surface area contributed by atoms with E-state index in [-0.39, 0.29) is 12.5 Å². The Bertz CT molecular complexity index is 820. The van der Waals surface area contributed by atoms with E-state index in [9.17, 15) is 4.79 Å². The average Bonchev–Trinajstić information content (AvgIpc) is 2.72. The lowest BCUT2D eigenvalue weighted by Gasteiger charge is -2.10. The van der Waals surface area contributed by atoms with Gasteiger partial charge in [-0.2, -0.15) is 0 Å². The van der Waals surface area contributed by atoms with E-state index < -0.39 is 0 Å². The number of para-hydroxylation sites is 2. The van der Waals surface area contributed by atoms with Crippen LogP contribution >= 0.6 is 0 Å². The third-order valence-corrected chi connectivity index (χ3v) is 3.62. The Hall–Kier alpha value is -3.47. The first-order valence-corrected chi connectivity index (χ1v) is 8.68. The molecular weight excluding hydrogens is 342 g/mol. The van der Waals surface area contributed by atoms with Gasteiger partial charge in [0.2, 0.25) is 0 Å². The van der Waals surface area contributed by atoms with Gasteiger partial charge in [-0.1, -0.05) is 36.4 Å². The molecule has 0 aliphatic rings. The third kappa shape index (κ3) is 6.40. The molecule has 0 bridgehead atoms. The summed E-state index contributed by atoms with van der Waals surface area (Å²) in [5, 5.41) is 2.78. The molecule has 0 radical (unpaired) electrons. The Kier molecular flexibility index (Phi) is 6.70. The maximum Gasteiger partial charge on any atom is 0.262 e. The van der Waals surface area contributed by atoms with Crippen LogP contribution in [0, 0.1) is 0 Å². The van der Waals surface area contributed by atoms with Crippen molar-refractivity contribution in [3.8, 4) is 17.2 Å². The zero-order valence-electron chi connectivity index (χ0n) is 14.8. The fourth-order valence-electron chi connectivity index (χ4n) is 2.33. The number of anilines is 1. The van der Waals surface area contributed by atoms with Crippen LogP contribution in [-0.4, -0.2) is 25.7 Å². The molecule has 0 spiro atoms. The van der Waals surface area contributed by atoms with Crippen LogP contribution in [0.4, 0.5) is 5.69 Å². The fourth-order valence-corrected chi connectivity index (χ4v) is 2.33. The minimum atomic E-state index is -0.219. The Morgan fingerprint density at radius 1 is 0.630 bits per heavy atom. The normalized spacial score (nSPS) is 10.1. The molecule has 3 aromatic carbocycles. The Morgan fingerprint density at radius 3 is 1.67 bits per heavy atom. The second-order valence-electron chi connectivity index (χ2n) is 5.68. The van der Waals surface area contributed by atoms with Gasteiger partial charge in [0, 0.05) is 5.69 Å². The van der Waals surface area contributed by atoms with Crippen LogP contribution in [0.5, 0.6) is 17.2 Å². The SMILES string of the molecule is O=C(COc1ccccc1)Nc1ccc(OCCOc2ccccc2)cc1. The summed E-state index contributed by atoms with van der Waals surface area (Å²) in [4.78, 5) is 11.9. The standard InChI is InChI=1S/C22H21NO4/c24-22(17-27-20-9-5-2-6-10-20)23-18-11-13-21(14-12-18)26-16-15-25-19-7-3-1-4-8-19/h1-14H,15-17H2,(H,23,24). The van der Waals surface area contributed by atoms with Gasteiger partial charge in [-0.3, -0.25) is 4.79 Å². The lowest BCUT2D eigenvalue weighted by atomic mass is 10.3. The van der Waals surface area contributed by atoms with Gasteiger partial charge >= 0.3 is 0 Å². The summed E-state index contributed by atoms with van der Waals surface area (Å²) < 4.78 is 16.6. The molecule has 0 atom stereocenters. The highest BCUT2D eigenvalue weighted by Crippen LogP contribution is 2.16. The van der Waals surface area contributed by atoms with Gasteiger partial charge in [0.25, 0.3) is 5.91 Å². The molecule has 1 amide bonds. The lowest BCUT2D eigenvalue weighted by molar-refractivity contribution is -0.118. The minimum Gasteiger partial charge on any atom is -0.490 e. The fraction of sp³-hybridized carbons (Fsp3) is 0.136. The molecule has 0 unspecified atom stereocenters. The van der Waals surface area contributed by atoms with Crippen molar-refractivity contribution in [2.45, 2.75) is 0 Å². The average molecular weight is 363 g/mol. The number of carbonyl (C=O) groups excluding carboxylic acids is 1. The lowest BCUT2D eigenvalue weighted by Crippen LogP contribution is -2.20. The van der Waals surface area contributed by atoms with Gasteiger partial charge < -0.3 is 19.5 Å². The molecule has 0 aromatic heterocycles. The first kappa shape index (κ1) is 18.3. The zero-order chi connectivity index (χ0) is 18.7. The van der Waals surface area contributed by atoms with E-state index in [4.69, 9.17) is 14.2 Å². The molecule has 0 saturated carbocycles. The molecule has 27 heavy (non-hydrogen) atoms. The van der Waals surface area contributed by atoms with Crippen molar-refractivity contribution in [1.29, 1.82) is 0 Å². The predicted molar refractivity (Wildman–Crippen MR) is 104 cm³/mol. The molecule has 138 valence electrons. The maximum atomic E-state index is 11.9. The molecule has 0 aliphatic heterocycles. The number of carbonyl (C=O) groups is 1. The van der Waals surface area contributed by atoms with E-state index >= 15 is 0 Å². The number of hydrogen-bond donors (Lipinski definition) is 1. The quantitative estimate of drug-likeness (QED) is 0.580. The van der Waals surface area contributed by atoms with Crippen molar-refractivity contribution >= 4 is 11.6 Å². The van der Waals surface area contributed by atoms with Gasteiger partial charge in [-0.15, -0.1) is 0 Å². The van der Waals surface area contributed by atoms with Gasteiger partial charge in [0.1, 0.15) is 30.5 Å². The monoisotopic (exact) mass is 363 g/mol. The molecule has 0 fully saturated rings. The highest BCUT2D eigenvalue weighted by molar-refractivity contribution is 5.91. The van der Waals surface area contributed by atoms with E-state index in [1.54, 1.807) is 36.4 Å². The van der Waals surface area contributed by atoms with Crippen molar-refractivity contribution in [3.63, 3.8) is 0 Å². The second-order valence-corrected chi connectivity index (χ2v) is 5.68. The number of ether oxygens (including phenoxy) is 3. The van der Waals surface area contributed by atoms with Crippen molar-refractivity contribution in [2.24, 2.45) is 0 Å². The van der Waals surface area contributed by atoms with Crippen LogP contribution in [0.25, 0.3) is 0 Å². The minimum absolute atomic E-state index is 0.0426. The predicted octanol–water partition coefficient (Wildman–Crippen LogP) is 4.16. The molecule has 5 nitrogen and oxygen atoms in total. The van der Waals surface area contributed by atoms with Crippen LogP contribution in [0.15, 0.2) is 84.9 Å². The van der Waals surface area contributed by atoms with Gasteiger partial charge in [-0.05, 0) is 48.5 Å². The summed E-state index contributed by atoms with van der Waals surface area (Å²) in [7, 11) is 0. The topological polar surface area (TPSA) is 56.8 Å². The highest BCUT2D eigenvalue weighted by Gasteiger charge is 2.04. The van der Waals surface area contributed by atoms with Crippen LogP contribution in [0.2, 0.25) is 0 Å². The number of benzene rings is 3. The van der Waals surface area contributed by atoms with Crippen LogP contribution in [-0.2, 0) is 4.79 Å². The van der Waals surface area contributed by atoms with Gasteiger partial charge in [0.05, 0.1) is 0 Å². The van der Waals surface area contributed by atoms with E-state index in [1.165, 1.54) is 0 Å². The maximum absolute atomic E-state index is 11.9. The summed E-state index contributed by atoms with van der Waals surface area (Å²) in [5.74, 6) is 1.97. The van der Waals surface area contributed by atoms with Crippen molar-refractivity contribution in [2.75, 3.05) is 25.1 Å². The largest absolute Gasteiger partial charge is 0.490 e. The smallest absolute Gasteiger partial charge is 0.262 e. The van der Waals surface area contributed by atoms with Crippen LogP contribution in [0.1, 0.15) is 0 Å². The third-order valence-electron chi connectivity index (χ3n) is 3.62. The first-order valence-electron chi connectivity index (χ1n) is 8.68. The number of rotatable bonds is 9. The number of hydrogen-bond acceptors (Lipinski definition) is 4. The summed E-state index contributed by atoms with van der Waals surface area (Å²) in [6.07, 6.45) is 0. The number of nitrogens with one attached hydrogen (secondary N) is 1. The molecule has 0 saturated heterocycles. The zero-order valence-corrected chi connectivity index (χ0v) is 14.8. The van der Waals surface area contributed by atoms with Crippen LogP contribution in [0.3, 0.4) is 0 Å².